The van der Waals surface area contributed by atoms with Gasteiger partial charge in [-0.1, -0.05) is 55.1 Å². The molecular formula is C27H29N3O5S. The van der Waals surface area contributed by atoms with E-state index in [-0.39, 0.29) is 28.9 Å². The summed E-state index contributed by atoms with van der Waals surface area (Å²) >= 11 is 1.04. The first-order valence-electron chi connectivity index (χ1n) is 11.8. The number of esters is 1. The lowest BCUT2D eigenvalue weighted by molar-refractivity contribution is -0.152. The number of nitrogens with one attached hydrogen (secondary N) is 2. The van der Waals surface area contributed by atoms with Gasteiger partial charge in [0.1, 0.15) is 11.7 Å². The topological polar surface area (TPSA) is 118 Å². The van der Waals surface area contributed by atoms with Crippen LogP contribution in [0.5, 0.6) is 5.75 Å². The summed E-state index contributed by atoms with van der Waals surface area (Å²) in [4.78, 5) is 38.7. The Morgan fingerprint density at radius 3 is 2.50 bits per heavy atom. The number of ether oxygens (including phenoxy) is 2. The number of benzene rings is 2. The van der Waals surface area contributed by atoms with E-state index in [4.69, 9.17) is 9.47 Å². The summed E-state index contributed by atoms with van der Waals surface area (Å²) in [6.07, 6.45) is 0.763. The zero-order valence-corrected chi connectivity index (χ0v) is 21.3. The van der Waals surface area contributed by atoms with Crippen LogP contribution in [0.25, 0.3) is 0 Å². The molecule has 9 heteroatoms. The van der Waals surface area contributed by atoms with E-state index in [9.17, 15) is 19.6 Å². The van der Waals surface area contributed by atoms with E-state index >= 15 is 0 Å². The van der Waals surface area contributed by atoms with Gasteiger partial charge in [0.15, 0.2) is 0 Å². The SMILES string of the molecule is CCOC(=O)[C@H]1C(=O)NC(SCC(=O)Nc2ccccc2CC)=C(C#N)[C@@H]1c1ccccc1OCC. The number of amides is 2. The number of hydrogen-bond acceptors (Lipinski definition) is 7. The molecule has 0 fully saturated rings. The van der Waals surface area contributed by atoms with Crippen LogP contribution in [-0.4, -0.2) is 36.8 Å². The zero-order valence-electron chi connectivity index (χ0n) is 20.5. The number of nitriles is 1. The molecule has 2 aromatic rings. The summed E-state index contributed by atoms with van der Waals surface area (Å²) in [7, 11) is 0. The van der Waals surface area contributed by atoms with Crippen LogP contribution in [0.4, 0.5) is 5.69 Å². The van der Waals surface area contributed by atoms with Gasteiger partial charge in [-0.05, 0) is 38.0 Å². The minimum absolute atomic E-state index is 0.0389. The highest BCUT2D eigenvalue weighted by molar-refractivity contribution is 8.03. The van der Waals surface area contributed by atoms with Crippen LogP contribution in [0, 0.1) is 17.2 Å². The Hall–Kier alpha value is -3.77. The second kappa shape index (κ2) is 12.8. The van der Waals surface area contributed by atoms with Gasteiger partial charge in [-0.2, -0.15) is 5.26 Å². The van der Waals surface area contributed by atoms with Crippen molar-refractivity contribution in [3.05, 3.63) is 70.3 Å². The van der Waals surface area contributed by atoms with Crippen molar-refractivity contribution in [2.75, 3.05) is 24.3 Å². The lowest BCUT2D eigenvalue weighted by Crippen LogP contribution is -2.44. The summed E-state index contributed by atoms with van der Waals surface area (Å²) in [5, 5.41) is 15.9. The molecule has 2 aromatic carbocycles. The summed E-state index contributed by atoms with van der Waals surface area (Å²) in [6.45, 7) is 5.94. The predicted molar refractivity (Wildman–Crippen MR) is 138 cm³/mol. The Labute approximate surface area is 215 Å². The minimum Gasteiger partial charge on any atom is -0.494 e. The Morgan fingerprint density at radius 2 is 1.81 bits per heavy atom. The molecule has 0 aromatic heterocycles. The van der Waals surface area contributed by atoms with Gasteiger partial charge < -0.3 is 20.1 Å². The third-order valence-corrected chi connectivity index (χ3v) is 6.66. The van der Waals surface area contributed by atoms with E-state index in [2.05, 4.69) is 16.7 Å². The molecule has 2 atom stereocenters. The van der Waals surface area contributed by atoms with E-state index in [1.807, 2.05) is 38.1 Å². The number of hydrogen-bond donors (Lipinski definition) is 2. The van der Waals surface area contributed by atoms with Crippen LogP contribution in [0.2, 0.25) is 0 Å². The second-order valence-electron chi connectivity index (χ2n) is 7.87. The Morgan fingerprint density at radius 1 is 1.08 bits per heavy atom. The number of aryl methyl sites for hydroxylation is 1. The van der Waals surface area contributed by atoms with Gasteiger partial charge in [0.05, 0.1) is 35.6 Å². The van der Waals surface area contributed by atoms with Crippen molar-refractivity contribution < 1.29 is 23.9 Å². The molecule has 3 rings (SSSR count). The number of allylic oxidation sites excluding steroid dienone is 1. The number of carbonyl (C=O) groups excluding carboxylic acids is 3. The molecule has 36 heavy (non-hydrogen) atoms. The fourth-order valence-electron chi connectivity index (χ4n) is 4.06. The van der Waals surface area contributed by atoms with E-state index in [1.165, 1.54) is 0 Å². The summed E-state index contributed by atoms with van der Waals surface area (Å²) in [6, 6.07) is 16.7. The normalized spacial score (nSPS) is 17.1. The molecule has 0 aliphatic carbocycles. The fraction of sp³-hybridized carbons (Fsp3) is 0.333. The Bertz CT molecular complexity index is 1200. The van der Waals surface area contributed by atoms with Crippen LogP contribution >= 0.6 is 11.8 Å². The van der Waals surface area contributed by atoms with Gasteiger partial charge in [-0.25, -0.2) is 0 Å². The van der Waals surface area contributed by atoms with E-state index in [0.29, 0.717) is 17.9 Å². The number of rotatable bonds is 10. The van der Waals surface area contributed by atoms with Crippen molar-refractivity contribution in [1.29, 1.82) is 5.26 Å². The van der Waals surface area contributed by atoms with Gasteiger partial charge >= 0.3 is 5.97 Å². The first kappa shape index (κ1) is 26.8. The van der Waals surface area contributed by atoms with Crippen LogP contribution in [-0.2, 0) is 25.5 Å². The molecule has 0 saturated carbocycles. The quantitative estimate of drug-likeness (QED) is 0.366. The van der Waals surface area contributed by atoms with Crippen molar-refractivity contribution in [3.63, 3.8) is 0 Å². The Balaban J connectivity index is 1.95. The average molecular weight is 508 g/mol. The maximum Gasteiger partial charge on any atom is 0.319 e. The molecule has 8 nitrogen and oxygen atoms in total. The number of carbonyl (C=O) groups is 3. The van der Waals surface area contributed by atoms with E-state index in [1.54, 1.807) is 31.2 Å². The molecule has 2 N–H and O–H groups in total. The van der Waals surface area contributed by atoms with Crippen LogP contribution in [0.15, 0.2) is 59.1 Å². The molecule has 0 radical (unpaired) electrons. The van der Waals surface area contributed by atoms with Crippen molar-refractivity contribution >= 4 is 35.2 Å². The summed E-state index contributed by atoms with van der Waals surface area (Å²) < 4.78 is 10.9. The molecule has 188 valence electrons. The third-order valence-electron chi connectivity index (χ3n) is 5.64. The maximum absolute atomic E-state index is 13.1. The number of para-hydroxylation sites is 2. The van der Waals surface area contributed by atoms with Crippen LogP contribution in [0.1, 0.15) is 37.8 Å². The predicted octanol–water partition coefficient (Wildman–Crippen LogP) is 4.15. The van der Waals surface area contributed by atoms with Gasteiger partial charge in [0.2, 0.25) is 11.8 Å². The van der Waals surface area contributed by atoms with Crippen LogP contribution < -0.4 is 15.4 Å². The lowest BCUT2D eigenvalue weighted by atomic mass is 9.78. The summed E-state index contributed by atoms with van der Waals surface area (Å²) in [5.74, 6) is -3.35. The molecule has 0 unspecified atom stereocenters. The summed E-state index contributed by atoms with van der Waals surface area (Å²) in [5.41, 5.74) is 2.43. The molecule has 0 bridgehead atoms. The van der Waals surface area contributed by atoms with E-state index < -0.39 is 23.7 Å². The second-order valence-corrected chi connectivity index (χ2v) is 8.86. The molecular weight excluding hydrogens is 478 g/mol. The molecule has 0 spiro atoms. The highest BCUT2D eigenvalue weighted by Gasteiger charge is 2.45. The number of nitrogens with zero attached hydrogens (tertiary/aromatic N) is 1. The maximum atomic E-state index is 13.1. The van der Waals surface area contributed by atoms with Crippen molar-refractivity contribution in [1.82, 2.24) is 5.32 Å². The minimum atomic E-state index is -1.27. The third kappa shape index (κ3) is 6.07. The van der Waals surface area contributed by atoms with Crippen molar-refractivity contribution in [2.24, 2.45) is 5.92 Å². The average Bonchev–Trinajstić information content (AvgIpc) is 2.88. The van der Waals surface area contributed by atoms with Gasteiger partial charge in [0.25, 0.3) is 0 Å². The molecule has 2 amide bonds. The van der Waals surface area contributed by atoms with Gasteiger partial charge in [-0.15, -0.1) is 0 Å². The number of thioether (sulfide) groups is 1. The first-order chi connectivity index (χ1) is 17.4. The van der Waals surface area contributed by atoms with E-state index in [0.717, 1.165) is 29.4 Å². The molecule has 1 aliphatic heterocycles. The smallest absolute Gasteiger partial charge is 0.319 e. The largest absolute Gasteiger partial charge is 0.494 e. The fourth-order valence-corrected chi connectivity index (χ4v) is 4.91. The van der Waals surface area contributed by atoms with Crippen molar-refractivity contribution in [2.45, 2.75) is 33.1 Å². The molecule has 1 aliphatic rings. The monoisotopic (exact) mass is 507 g/mol. The Kier molecular flexibility index (Phi) is 9.53. The van der Waals surface area contributed by atoms with Crippen LogP contribution in [0.3, 0.4) is 0 Å². The molecule has 0 saturated heterocycles. The highest BCUT2D eigenvalue weighted by atomic mass is 32.2. The lowest BCUT2D eigenvalue weighted by Gasteiger charge is -2.32. The standard InChI is InChI=1S/C27H29N3O5S/c1-4-17-11-7-9-13-20(17)29-22(31)16-36-26-19(15-28)23(18-12-8-10-14-21(18)34-5-2)24(25(32)30-26)27(33)35-6-3/h7-14,23-24H,4-6,16H2,1-3H3,(H,29,31)(H,30,32)/t23-,24+/m0/s1. The highest BCUT2D eigenvalue weighted by Crippen LogP contribution is 2.43. The first-order valence-corrected chi connectivity index (χ1v) is 12.8. The number of anilines is 1. The van der Waals surface area contributed by atoms with Gasteiger partial charge in [0, 0.05) is 17.2 Å². The van der Waals surface area contributed by atoms with Crippen molar-refractivity contribution in [3.8, 4) is 11.8 Å². The molecule has 1 heterocycles. The van der Waals surface area contributed by atoms with Gasteiger partial charge in [-0.3, -0.25) is 14.4 Å². The zero-order chi connectivity index (χ0) is 26.1.